The number of benzene rings is 3. The summed E-state index contributed by atoms with van der Waals surface area (Å²) < 4.78 is 44.5. The third kappa shape index (κ3) is 4.59. The van der Waals surface area contributed by atoms with Crippen molar-refractivity contribution in [1.82, 2.24) is 15.1 Å². The van der Waals surface area contributed by atoms with Crippen LogP contribution in [0.1, 0.15) is 15.9 Å². The normalized spacial score (nSPS) is 11.2. The summed E-state index contributed by atoms with van der Waals surface area (Å²) in [5, 5.41) is 7.90. The topological polar surface area (TPSA) is 58.2 Å². The van der Waals surface area contributed by atoms with E-state index in [1.54, 1.807) is 31.4 Å². The molecule has 164 valence electrons. The average Bonchev–Trinajstić information content (AvgIpc) is 3.27. The van der Waals surface area contributed by atoms with Gasteiger partial charge in [-0.1, -0.05) is 30.3 Å². The molecule has 0 aliphatic heterocycles. The molecule has 0 saturated heterocycles. The van der Waals surface area contributed by atoms with Gasteiger partial charge in [0.2, 0.25) is 0 Å². The van der Waals surface area contributed by atoms with Crippen molar-refractivity contribution in [3.8, 4) is 16.9 Å². The number of hydrogen-bond donors (Lipinski definition) is 1. The molecule has 1 heterocycles. The number of amides is 1. The highest BCUT2D eigenvalue weighted by atomic mass is 19.3. The van der Waals surface area contributed by atoms with Crippen molar-refractivity contribution in [3.63, 3.8) is 0 Å². The number of rotatable bonds is 7. The number of nitrogens with zero attached hydrogens (tertiary/aromatic N) is 2. The Balaban J connectivity index is 1.62. The summed E-state index contributed by atoms with van der Waals surface area (Å²) in [6, 6.07) is 16.0. The van der Waals surface area contributed by atoms with E-state index in [9.17, 15) is 18.0 Å². The molecule has 0 aliphatic carbocycles. The van der Waals surface area contributed by atoms with E-state index >= 15 is 0 Å². The van der Waals surface area contributed by atoms with Gasteiger partial charge in [0.25, 0.3) is 12.3 Å². The van der Waals surface area contributed by atoms with Crippen molar-refractivity contribution in [2.24, 2.45) is 0 Å². The molecule has 0 radical (unpaired) electrons. The number of aromatic nitrogens is 2. The Morgan fingerprint density at radius 3 is 2.72 bits per heavy atom. The van der Waals surface area contributed by atoms with Crippen molar-refractivity contribution in [1.29, 1.82) is 0 Å². The first-order valence-electron chi connectivity index (χ1n) is 9.90. The molecule has 8 heteroatoms. The lowest BCUT2D eigenvalue weighted by molar-refractivity contribution is 0.0781. The highest BCUT2D eigenvalue weighted by molar-refractivity contribution is 5.95. The monoisotopic (exact) mass is 439 g/mol. The van der Waals surface area contributed by atoms with Gasteiger partial charge in [-0.3, -0.25) is 9.89 Å². The van der Waals surface area contributed by atoms with Crippen molar-refractivity contribution in [3.05, 3.63) is 83.8 Å². The van der Waals surface area contributed by atoms with Crippen LogP contribution in [0.25, 0.3) is 22.0 Å². The summed E-state index contributed by atoms with van der Waals surface area (Å²) in [4.78, 5) is 14.6. The van der Waals surface area contributed by atoms with Crippen LogP contribution in [0, 0.1) is 5.82 Å². The molecule has 0 saturated carbocycles. The molecular formula is C24H20F3N3O2. The lowest BCUT2D eigenvalue weighted by Crippen LogP contribution is -2.26. The van der Waals surface area contributed by atoms with E-state index in [1.165, 1.54) is 29.2 Å². The van der Waals surface area contributed by atoms with E-state index in [-0.39, 0.29) is 17.2 Å². The van der Waals surface area contributed by atoms with Gasteiger partial charge in [-0.2, -0.15) is 5.10 Å². The summed E-state index contributed by atoms with van der Waals surface area (Å²) in [6.07, 6.45) is -0.981. The van der Waals surface area contributed by atoms with Crippen LogP contribution >= 0.6 is 0 Å². The van der Waals surface area contributed by atoms with Crippen molar-refractivity contribution in [2.75, 3.05) is 13.7 Å². The third-order valence-electron chi connectivity index (χ3n) is 5.05. The van der Waals surface area contributed by atoms with E-state index in [2.05, 4.69) is 10.2 Å². The fraction of sp³-hybridized carbons (Fsp3) is 0.167. The van der Waals surface area contributed by atoms with E-state index < -0.39 is 18.8 Å². The van der Waals surface area contributed by atoms with E-state index in [0.29, 0.717) is 17.7 Å². The molecule has 32 heavy (non-hydrogen) atoms. The smallest absolute Gasteiger partial charge is 0.272 e. The van der Waals surface area contributed by atoms with Gasteiger partial charge in [0.05, 0.1) is 11.7 Å². The Morgan fingerprint density at radius 1 is 1.12 bits per heavy atom. The van der Waals surface area contributed by atoms with Gasteiger partial charge in [-0.15, -0.1) is 0 Å². The fourth-order valence-corrected chi connectivity index (χ4v) is 3.53. The van der Waals surface area contributed by atoms with Crippen LogP contribution in [0.5, 0.6) is 5.75 Å². The zero-order chi connectivity index (χ0) is 22.7. The maximum atomic E-state index is 13.7. The number of carbonyl (C=O) groups is 1. The Morgan fingerprint density at radius 2 is 1.94 bits per heavy atom. The number of aromatic amines is 1. The molecular weight excluding hydrogens is 419 g/mol. The Labute approximate surface area is 182 Å². The number of ether oxygens (including phenoxy) is 1. The minimum Gasteiger partial charge on any atom is -0.487 e. The second kappa shape index (κ2) is 9.13. The molecule has 0 spiro atoms. The maximum absolute atomic E-state index is 13.7. The van der Waals surface area contributed by atoms with Gasteiger partial charge in [0, 0.05) is 30.1 Å². The fourth-order valence-electron chi connectivity index (χ4n) is 3.53. The number of carbonyl (C=O) groups excluding carboxylic acids is 1. The number of nitrogens with one attached hydrogen (secondary N) is 1. The molecule has 3 aromatic carbocycles. The van der Waals surface area contributed by atoms with Crippen LogP contribution in [0.4, 0.5) is 13.2 Å². The number of alkyl halides is 2. The molecule has 1 N–H and O–H groups in total. The van der Waals surface area contributed by atoms with Crippen LogP contribution in [0.3, 0.4) is 0 Å². The first kappa shape index (κ1) is 21.4. The van der Waals surface area contributed by atoms with Crippen molar-refractivity contribution < 1.29 is 22.7 Å². The molecule has 0 atom stereocenters. The number of H-pyrrole nitrogens is 1. The average molecular weight is 439 g/mol. The summed E-state index contributed by atoms with van der Waals surface area (Å²) in [7, 11) is 1.65. The summed E-state index contributed by atoms with van der Waals surface area (Å²) in [5.41, 5.74) is 2.89. The number of hydrogen-bond acceptors (Lipinski definition) is 3. The highest BCUT2D eigenvalue weighted by Crippen LogP contribution is 2.32. The van der Waals surface area contributed by atoms with Gasteiger partial charge >= 0.3 is 0 Å². The molecule has 4 aromatic rings. The van der Waals surface area contributed by atoms with Crippen LogP contribution < -0.4 is 4.74 Å². The summed E-state index contributed by atoms with van der Waals surface area (Å²) >= 11 is 0. The van der Waals surface area contributed by atoms with Crippen LogP contribution in [-0.4, -0.2) is 41.1 Å². The number of halogens is 3. The molecule has 0 fully saturated rings. The van der Waals surface area contributed by atoms with Crippen molar-refractivity contribution in [2.45, 2.75) is 13.0 Å². The SMILES string of the molecule is CN(Cc1cccc2cn[nH]c12)C(=O)c1ccc(-c2cccc(F)c2)c(OCC(F)F)c1. The second-order valence-electron chi connectivity index (χ2n) is 7.34. The number of para-hydroxylation sites is 1. The van der Waals surface area contributed by atoms with E-state index in [1.807, 2.05) is 18.2 Å². The third-order valence-corrected chi connectivity index (χ3v) is 5.05. The summed E-state index contributed by atoms with van der Waals surface area (Å²) in [6.45, 7) is -0.519. The van der Waals surface area contributed by atoms with Gasteiger partial charge in [0.15, 0.2) is 0 Å². The van der Waals surface area contributed by atoms with Gasteiger partial charge < -0.3 is 9.64 Å². The Bertz CT molecular complexity index is 1260. The molecule has 0 bridgehead atoms. The summed E-state index contributed by atoms with van der Waals surface area (Å²) in [5.74, 6) is -0.685. The molecule has 1 aromatic heterocycles. The van der Waals surface area contributed by atoms with E-state index in [4.69, 9.17) is 4.74 Å². The minimum atomic E-state index is -2.69. The zero-order valence-electron chi connectivity index (χ0n) is 17.2. The maximum Gasteiger partial charge on any atom is 0.272 e. The van der Waals surface area contributed by atoms with E-state index in [0.717, 1.165) is 16.5 Å². The molecule has 0 aliphatic rings. The second-order valence-corrected chi connectivity index (χ2v) is 7.34. The molecule has 5 nitrogen and oxygen atoms in total. The molecule has 1 amide bonds. The predicted octanol–water partition coefficient (Wildman–Crippen LogP) is 5.29. The van der Waals surface area contributed by atoms with Gasteiger partial charge in [0.1, 0.15) is 18.2 Å². The first-order chi connectivity index (χ1) is 15.4. The minimum absolute atomic E-state index is 0.0887. The quantitative estimate of drug-likeness (QED) is 0.426. The van der Waals surface area contributed by atoms with Crippen LogP contribution in [0.2, 0.25) is 0 Å². The standard InChI is InChI=1S/C24H20F3N3O2/c1-30(13-18-6-2-5-17-12-28-29-23(17)18)24(31)16-8-9-20(15-4-3-7-19(25)10-15)21(11-16)32-14-22(26)27/h2-12,22H,13-14H2,1H3,(H,28,29). The van der Waals surface area contributed by atoms with Crippen LogP contribution in [0.15, 0.2) is 66.9 Å². The van der Waals surface area contributed by atoms with Gasteiger partial charge in [-0.25, -0.2) is 13.2 Å². The lowest BCUT2D eigenvalue weighted by Gasteiger charge is -2.19. The largest absolute Gasteiger partial charge is 0.487 e. The number of fused-ring (bicyclic) bond motifs is 1. The first-order valence-corrected chi connectivity index (χ1v) is 9.90. The lowest BCUT2D eigenvalue weighted by atomic mass is 10.0. The van der Waals surface area contributed by atoms with Crippen molar-refractivity contribution >= 4 is 16.8 Å². The zero-order valence-corrected chi connectivity index (χ0v) is 17.2. The Kier molecular flexibility index (Phi) is 6.11. The molecule has 0 unspecified atom stereocenters. The van der Waals surface area contributed by atoms with Gasteiger partial charge in [-0.05, 0) is 41.5 Å². The predicted molar refractivity (Wildman–Crippen MR) is 115 cm³/mol. The van der Waals surface area contributed by atoms with Crippen LogP contribution in [-0.2, 0) is 6.54 Å². The highest BCUT2D eigenvalue weighted by Gasteiger charge is 2.18. The molecule has 4 rings (SSSR count). The Hall–Kier alpha value is -3.81.